The Balaban J connectivity index is 1.82. The zero-order chi connectivity index (χ0) is 18.0. The van der Waals surface area contributed by atoms with Gasteiger partial charge < -0.3 is 15.4 Å². The van der Waals surface area contributed by atoms with E-state index >= 15 is 0 Å². The zero-order valence-electron chi connectivity index (χ0n) is 13.0. The van der Waals surface area contributed by atoms with E-state index in [1.165, 1.54) is 12.7 Å². The molecular formula is C11H15N8O5P. The van der Waals surface area contributed by atoms with Gasteiger partial charge in [0.2, 0.25) is 0 Å². The van der Waals surface area contributed by atoms with Crippen LogP contribution in [0.2, 0.25) is 0 Å². The van der Waals surface area contributed by atoms with Gasteiger partial charge in [-0.2, -0.15) is 0 Å². The van der Waals surface area contributed by atoms with Crippen LogP contribution in [0.15, 0.2) is 17.8 Å². The summed E-state index contributed by atoms with van der Waals surface area (Å²) in [5.41, 5.74) is 15.4. The number of nitrogen functional groups attached to an aromatic ring is 1. The summed E-state index contributed by atoms with van der Waals surface area (Å²) in [6.07, 6.45) is 1.79. The number of ether oxygens (including phenoxy) is 1. The van der Waals surface area contributed by atoms with E-state index in [1.807, 2.05) is 0 Å². The van der Waals surface area contributed by atoms with Crippen molar-refractivity contribution in [1.82, 2.24) is 19.5 Å². The van der Waals surface area contributed by atoms with E-state index < -0.39 is 26.2 Å². The third-order valence-corrected chi connectivity index (χ3v) is 4.67. The van der Waals surface area contributed by atoms with Crippen molar-refractivity contribution < 1.29 is 23.2 Å². The van der Waals surface area contributed by atoms with Crippen molar-refractivity contribution in [3.63, 3.8) is 0 Å². The number of rotatable bonds is 6. The highest BCUT2D eigenvalue weighted by atomic mass is 31.2. The topological polar surface area (TPSA) is 183 Å². The molecule has 2 aromatic rings. The lowest BCUT2D eigenvalue weighted by Gasteiger charge is -2.17. The summed E-state index contributed by atoms with van der Waals surface area (Å²) in [5.74, 6) is 0.231. The van der Waals surface area contributed by atoms with Crippen molar-refractivity contribution >= 4 is 24.8 Å². The zero-order valence-corrected chi connectivity index (χ0v) is 13.9. The molecule has 1 unspecified atom stereocenters. The number of phosphoric ester groups is 1. The van der Waals surface area contributed by atoms with Gasteiger partial charge in [0.25, 0.3) is 0 Å². The maximum Gasteiger partial charge on any atom is 0.472 e. The summed E-state index contributed by atoms with van der Waals surface area (Å²) in [4.78, 5) is 24.3. The Hall–Kier alpha value is -2.27. The first kappa shape index (κ1) is 17.5. The molecule has 0 aromatic carbocycles. The number of nitrogens with zero attached hydrogens (tertiary/aromatic N) is 7. The molecule has 3 rings (SSSR count). The van der Waals surface area contributed by atoms with E-state index in [2.05, 4.69) is 29.5 Å². The highest BCUT2D eigenvalue weighted by Gasteiger charge is 2.38. The Morgan fingerprint density at radius 2 is 2.40 bits per heavy atom. The van der Waals surface area contributed by atoms with E-state index in [9.17, 15) is 9.46 Å². The first-order valence-electron chi connectivity index (χ1n) is 7.11. The molecular weight excluding hydrogens is 355 g/mol. The largest absolute Gasteiger partial charge is 0.472 e. The van der Waals surface area contributed by atoms with Crippen molar-refractivity contribution in [3.8, 4) is 0 Å². The summed E-state index contributed by atoms with van der Waals surface area (Å²) in [6, 6.07) is -0.608. The average Bonchev–Trinajstić information content (AvgIpc) is 3.18. The first-order valence-corrected chi connectivity index (χ1v) is 8.60. The van der Waals surface area contributed by atoms with Crippen molar-refractivity contribution in [2.45, 2.75) is 24.8 Å². The van der Waals surface area contributed by atoms with Gasteiger partial charge in [-0.3, -0.25) is 13.6 Å². The normalized spacial score (nSPS) is 25.6. The van der Waals surface area contributed by atoms with Gasteiger partial charge in [-0.25, -0.2) is 19.5 Å². The number of imidazole rings is 1. The molecule has 0 bridgehead atoms. The molecule has 1 aliphatic heterocycles. The van der Waals surface area contributed by atoms with Crippen LogP contribution >= 0.6 is 7.82 Å². The summed E-state index contributed by atoms with van der Waals surface area (Å²) < 4.78 is 28.0. The molecule has 0 saturated carbocycles. The molecule has 25 heavy (non-hydrogen) atoms. The second kappa shape index (κ2) is 6.92. The van der Waals surface area contributed by atoms with Gasteiger partial charge in [-0.1, -0.05) is 5.11 Å². The molecule has 4 atom stereocenters. The molecule has 1 saturated heterocycles. The van der Waals surface area contributed by atoms with Crippen LogP contribution in [0, 0.1) is 0 Å². The molecule has 0 amide bonds. The maximum absolute atomic E-state index is 11.4. The third-order valence-electron chi connectivity index (χ3n) is 3.73. The second-order valence-electron chi connectivity index (χ2n) is 5.17. The fourth-order valence-electron chi connectivity index (χ4n) is 2.52. The van der Waals surface area contributed by atoms with Gasteiger partial charge in [-0.15, -0.1) is 0 Å². The average molecular weight is 370 g/mol. The molecule has 14 heteroatoms. The van der Waals surface area contributed by atoms with Crippen LogP contribution < -0.4 is 5.73 Å². The lowest BCUT2D eigenvalue weighted by atomic mass is 10.1. The fourth-order valence-corrected chi connectivity index (χ4v) is 2.97. The third kappa shape index (κ3) is 3.56. The van der Waals surface area contributed by atoms with Gasteiger partial charge in [0.1, 0.15) is 18.1 Å². The number of hydrogen-bond acceptors (Lipinski definition) is 9. The highest BCUT2D eigenvalue weighted by Crippen LogP contribution is 2.43. The fraction of sp³-hybridized carbons (Fsp3) is 0.545. The minimum absolute atomic E-state index is 0.231. The lowest BCUT2D eigenvalue weighted by Crippen LogP contribution is -2.24. The predicted octanol–water partition coefficient (Wildman–Crippen LogP) is 1.14. The number of anilines is 1. The van der Waals surface area contributed by atoms with Crippen LogP contribution in [0.4, 0.5) is 5.82 Å². The molecule has 2 aromatic heterocycles. The molecule has 0 aliphatic carbocycles. The number of fused-ring (bicyclic) bond motifs is 1. The minimum atomic E-state index is -4.17. The standard InChI is InChI=1S/C11H15N8O5P/c1-22-25(20,21)23-3-7-6(17-18-13)2-8(24-7)19-5-16-9-10(12)14-4-15-11(9)19/h4-8H,2-3H2,1H3,(H,20,21)(H2,12,14,15)/t6-,7-,8-/m1/s1. The number of nitrogens with two attached hydrogens (primary N) is 1. The van der Waals surface area contributed by atoms with Crippen LogP contribution in [0.1, 0.15) is 12.6 Å². The quantitative estimate of drug-likeness (QED) is 0.325. The lowest BCUT2D eigenvalue weighted by molar-refractivity contribution is -0.0238. The Morgan fingerprint density at radius 3 is 3.12 bits per heavy atom. The summed E-state index contributed by atoms with van der Waals surface area (Å²) >= 11 is 0. The second-order valence-corrected chi connectivity index (χ2v) is 6.73. The van der Waals surface area contributed by atoms with Crippen molar-refractivity contribution in [2.24, 2.45) is 5.11 Å². The van der Waals surface area contributed by atoms with E-state index in [0.717, 1.165) is 7.11 Å². The summed E-state index contributed by atoms with van der Waals surface area (Å²) in [6.45, 7) is -0.286. The highest BCUT2D eigenvalue weighted by molar-refractivity contribution is 7.47. The maximum atomic E-state index is 11.4. The Bertz CT molecular complexity index is 867. The van der Waals surface area contributed by atoms with Gasteiger partial charge in [0.05, 0.1) is 25.1 Å². The SMILES string of the molecule is COP(=O)(O)OC[C@H]1O[C@@H](n2cnc3c(N)ncnc32)C[C@H]1N=[N+]=[N-]. The van der Waals surface area contributed by atoms with Gasteiger partial charge in [0.15, 0.2) is 11.5 Å². The van der Waals surface area contributed by atoms with E-state index in [4.69, 9.17) is 20.5 Å². The van der Waals surface area contributed by atoms with Gasteiger partial charge in [0, 0.05) is 18.4 Å². The minimum Gasteiger partial charge on any atom is -0.382 e. The molecule has 134 valence electrons. The van der Waals surface area contributed by atoms with E-state index in [-0.39, 0.29) is 12.4 Å². The smallest absolute Gasteiger partial charge is 0.382 e. The van der Waals surface area contributed by atoms with Crippen molar-refractivity contribution in [3.05, 3.63) is 23.1 Å². The molecule has 0 spiro atoms. The number of hydrogen-bond donors (Lipinski definition) is 2. The van der Waals surface area contributed by atoms with E-state index in [0.29, 0.717) is 17.6 Å². The van der Waals surface area contributed by atoms with Crippen molar-refractivity contribution in [1.29, 1.82) is 0 Å². The molecule has 13 nitrogen and oxygen atoms in total. The number of aromatic nitrogens is 4. The molecule has 3 N–H and O–H groups in total. The van der Waals surface area contributed by atoms with Crippen LogP contribution in [0.5, 0.6) is 0 Å². The first-order chi connectivity index (χ1) is 11.9. The predicted molar refractivity (Wildman–Crippen MR) is 84.0 cm³/mol. The van der Waals surface area contributed by atoms with Gasteiger partial charge in [-0.05, 0) is 5.53 Å². The molecule has 0 radical (unpaired) electrons. The number of azide groups is 1. The summed E-state index contributed by atoms with van der Waals surface area (Å²) in [7, 11) is -3.12. The Kier molecular flexibility index (Phi) is 4.86. The number of phosphoric acid groups is 1. The monoisotopic (exact) mass is 370 g/mol. The van der Waals surface area contributed by atoms with Crippen LogP contribution in [0.3, 0.4) is 0 Å². The Morgan fingerprint density at radius 1 is 1.60 bits per heavy atom. The van der Waals surface area contributed by atoms with E-state index in [1.54, 1.807) is 4.57 Å². The van der Waals surface area contributed by atoms with Crippen LogP contribution in [0.25, 0.3) is 21.6 Å². The van der Waals surface area contributed by atoms with Gasteiger partial charge >= 0.3 is 7.82 Å². The van der Waals surface area contributed by atoms with Crippen LogP contribution in [-0.4, -0.2) is 50.3 Å². The summed E-state index contributed by atoms with van der Waals surface area (Å²) in [5, 5.41) is 3.66. The van der Waals surface area contributed by atoms with Crippen LogP contribution in [-0.2, 0) is 18.3 Å². The molecule has 3 heterocycles. The van der Waals surface area contributed by atoms with Crippen molar-refractivity contribution in [2.75, 3.05) is 19.5 Å². The molecule has 1 fully saturated rings. The molecule has 1 aliphatic rings. The Labute approximate surface area is 141 Å².